The summed E-state index contributed by atoms with van der Waals surface area (Å²) in [4.78, 5) is 1.08. The molecule has 5 heteroatoms. The van der Waals surface area contributed by atoms with Crippen LogP contribution in [0, 0.1) is 0 Å². The maximum Gasteiger partial charge on any atom is 0.202 e. The molecule has 0 aliphatic carbocycles. The first-order valence-corrected chi connectivity index (χ1v) is 6.62. The second kappa shape index (κ2) is 3.21. The summed E-state index contributed by atoms with van der Waals surface area (Å²) in [6, 6.07) is 0. The van der Waals surface area contributed by atoms with Crippen LogP contribution in [0.25, 0.3) is 0 Å². The third-order valence-corrected chi connectivity index (χ3v) is 4.86. The SMILES string of the molecule is C/C=C1/CCOS(=O)(=S)S1. The van der Waals surface area contributed by atoms with Crippen molar-refractivity contribution in [1.29, 1.82) is 0 Å². The molecule has 1 unspecified atom stereocenters. The van der Waals surface area contributed by atoms with Crippen LogP contribution >= 0.6 is 10.8 Å². The van der Waals surface area contributed by atoms with Crippen LogP contribution in [0.15, 0.2) is 11.0 Å². The standard InChI is InChI=1S/C5H8O2S3/c1-2-5-3-4-7-10(6,8)9-5/h2H,3-4H2,1H3/b5-2-. The van der Waals surface area contributed by atoms with Crippen LogP contribution in [0.1, 0.15) is 13.3 Å². The van der Waals surface area contributed by atoms with Crippen molar-refractivity contribution in [1.82, 2.24) is 0 Å². The van der Waals surface area contributed by atoms with Crippen molar-refractivity contribution >= 4 is 29.8 Å². The fraction of sp³-hybridized carbons (Fsp3) is 0.600. The van der Waals surface area contributed by atoms with E-state index in [-0.39, 0.29) is 0 Å². The van der Waals surface area contributed by atoms with E-state index < -0.39 is 7.80 Å². The molecule has 0 amide bonds. The zero-order chi connectivity index (χ0) is 7.61. The Morgan fingerprint density at radius 2 is 2.60 bits per heavy atom. The Morgan fingerprint density at radius 1 is 1.90 bits per heavy atom. The summed E-state index contributed by atoms with van der Waals surface area (Å²) < 4.78 is 16.0. The normalized spacial score (nSPS) is 38.3. The Bertz CT molecular complexity index is 240. The van der Waals surface area contributed by atoms with Crippen molar-refractivity contribution < 1.29 is 8.39 Å². The lowest BCUT2D eigenvalue weighted by Crippen LogP contribution is -2.07. The van der Waals surface area contributed by atoms with Crippen molar-refractivity contribution in [3.8, 4) is 0 Å². The molecule has 1 fully saturated rings. The summed E-state index contributed by atoms with van der Waals surface area (Å²) in [5.74, 6) is 0. The number of hydrogen-bond donors (Lipinski definition) is 0. The van der Waals surface area contributed by atoms with Gasteiger partial charge in [-0.2, -0.15) is 0 Å². The molecule has 0 saturated carbocycles. The number of hydrogen-bond acceptors (Lipinski definition) is 4. The van der Waals surface area contributed by atoms with Crippen LogP contribution in [-0.4, -0.2) is 10.8 Å². The van der Waals surface area contributed by atoms with Gasteiger partial charge in [-0.1, -0.05) is 6.08 Å². The number of rotatable bonds is 0. The topological polar surface area (TPSA) is 26.3 Å². The summed E-state index contributed by atoms with van der Waals surface area (Å²) in [6.07, 6.45) is 2.77. The van der Waals surface area contributed by atoms with Gasteiger partial charge in [0.05, 0.1) is 6.61 Å². The van der Waals surface area contributed by atoms with E-state index in [9.17, 15) is 4.21 Å². The van der Waals surface area contributed by atoms with Gasteiger partial charge in [-0.05, 0) is 22.6 Å². The molecular formula is C5H8O2S3. The van der Waals surface area contributed by atoms with Crippen molar-refractivity contribution in [3.63, 3.8) is 0 Å². The smallest absolute Gasteiger partial charge is 0.202 e. The molecule has 2 nitrogen and oxygen atoms in total. The fourth-order valence-electron chi connectivity index (χ4n) is 0.634. The van der Waals surface area contributed by atoms with Gasteiger partial charge in [0.1, 0.15) is 0 Å². The molecule has 0 radical (unpaired) electrons. The van der Waals surface area contributed by atoms with E-state index in [0.29, 0.717) is 6.61 Å². The van der Waals surface area contributed by atoms with Gasteiger partial charge < -0.3 is 0 Å². The monoisotopic (exact) mass is 196 g/mol. The predicted molar refractivity (Wildman–Crippen MR) is 47.4 cm³/mol. The Hall–Kier alpha value is 0.420. The predicted octanol–water partition coefficient (Wildman–Crippen LogP) is 1.62. The van der Waals surface area contributed by atoms with Crippen molar-refractivity contribution in [2.45, 2.75) is 13.3 Å². The van der Waals surface area contributed by atoms with Gasteiger partial charge in [-0.25, -0.2) is 4.21 Å². The average Bonchev–Trinajstić information content (AvgIpc) is 1.86. The van der Waals surface area contributed by atoms with Crippen LogP contribution in [0.4, 0.5) is 0 Å². The molecule has 1 atom stereocenters. The lowest BCUT2D eigenvalue weighted by Gasteiger charge is -2.15. The zero-order valence-corrected chi connectivity index (χ0v) is 7.98. The highest BCUT2D eigenvalue weighted by Gasteiger charge is 2.16. The summed E-state index contributed by atoms with van der Waals surface area (Å²) in [6.45, 7) is 2.41. The van der Waals surface area contributed by atoms with Crippen molar-refractivity contribution in [2.24, 2.45) is 0 Å². The summed E-state index contributed by atoms with van der Waals surface area (Å²) in [5.41, 5.74) is 0. The molecule has 0 aromatic carbocycles. The lowest BCUT2D eigenvalue weighted by atomic mass is 10.4. The second-order valence-corrected chi connectivity index (χ2v) is 7.33. The zero-order valence-electron chi connectivity index (χ0n) is 5.53. The highest BCUT2D eigenvalue weighted by Crippen LogP contribution is 2.32. The summed E-state index contributed by atoms with van der Waals surface area (Å²) in [7, 11) is -1.29. The lowest BCUT2D eigenvalue weighted by molar-refractivity contribution is 0.358. The highest BCUT2D eigenvalue weighted by molar-refractivity contribution is 8.85. The van der Waals surface area contributed by atoms with Gasteiger partial charge in [0.15, 0.2) is 0 Å². The van der Waals surface area contributed by atoms with Crippen LogP contribution < -0.4 is 0 Å². The van der Waals surface area contributed by atoms with E-state index >= 15 is 0 Å². The van der Waals surface area contributed by atoms with Gasteiger partial charge in [-0.15, -0.1) is 0 Å². The summed E-state index contributed by atoms with van der Waals surface area (Å²) >= 11 is 4.67. The molecule has 0 aromatic rings. The molecule has 0 N–H and O–H groups in total. The van der Waals surface area contributed by atoms with Crippen LogP contribution in [0.3, 0.4) is 0 Å². The minimum Gasteiger partial charge on any atom is -0.281 e. The first-order chi connectivity index (χ1) is 4.64. The van der Waals surface area contributed by atoms with Gasteiger partial charge in [0, 0.05) is 17.6 Å². The third kappa shape index (κ3) is 2.23. The second-order valence-electron chi connectivity index (χ2n) is 1.82. The quantitative estimate of drug-likeness (QED) is 0.550. The Morgan fingerprint density at radius 3 is 3.00 bits per heavy atom. The molecule has 1 heterocycles. The Kier molecular flexibility index (Phi) is 2.74. The highest BCUT2D eigenvalue weighted by atomic mass is 33.4. The molecule has 10 heavy (non-hydrogen) atoms. The van der Waals surface area contributed by atoms with E-state index in [0.717, 1.165) is 11.3 Å². The molecule has 0 aromatic heterocycles. The van der Waals surface area contributed by atoms with Crippen LogP contribution in [0.5, 0.6) is 0 Å². The van der Waals surface area contributed by atoms with Gasteiger partial charge in [0.25, 0.3) is 0 Å². The average molecular weight is 196 g/mol. The van der Waals surface area contributed by atoms with E-state index in [1.807, 2.05) is 13.0 Å². The van der Waals surface area contributed by atoms with E-state index in [1.165, 1.54) is 10.8 Å². The van der Waals surface area contributed by atoms with Crippen LogP contribution in [0.2, 0.25) is 0 Å². The van der Waals surface area contributed by atoms with E-state index in [4.69, 9.17) is 4.18 Å². The molecule has 58 valence electrons. The number of allylic oxidation sites excluding steroid dienone is 1. The molecule has 1 aliphatic rings. The molecule has 1 rings (SSSR count). The Labute approximate surface area is 69.3 Å². The van der Waals surface area contributed by atoms with Crippen molar-refractivity contribution in [2.75, 3.05) is 6.61 Å². The van der Waals surface area contributed by atoms with Crippen LogP contribution in [-0.2, 0) is 23.2 Å². The van der Waals surface area contributed by atoms with Crippen molar-refractivity contribution in [3.05, 3.63) is 11.0 Å². The van der Waals surface area contributed by atoms with Gasteiger partial charge in [0.2, 0.25) is 7.80 Å². The molecule has 1 saturated heterocycles. The largest absolute Gasteiger partial charge is 0.281 e. The first kappa shape index (κ1) is 8.52. The molecule has 1 aliphatic heterocycles. The molecule has 0 bridgehead atoms. The summed E-state index contributed by atoms with van der Waals surface area (Å²) in [5, 5.41) is 0. The van der Waals surface area contributed by atoms with Gasteiger partial charge >= 0.3 is 0 Å². The fourth-order valence-corrected chi connectivity index (χ4v) is 4.16. The first-order valence-electron chi connectivity index (χ1n) is 2.88. The maximum absolute atomic E-state index is 11.1. The third-order valence-electron chi connectivity index (χ3n) is 1.11. The van der Waals surface area contributed by atoms with Gasteiger partial charge in [-0.3, -0.25) is 4.18 Å². The minimum absolute atomic E-state index is 0.495. The minimum atomic E-state index is -2.46. The Balaban J connectivity index is 2.75. The van der Waals surface area contributed by atoms with E-state index in [2.05, 4.69) is 11.2 Å². The molecular weight excluding hydrogens is 188 g/mol. The maximum atomic E-state index is 11.1. The molecule has 0 spiro atoms. The van der Waals surface area contributed by atoms with E-state index in [1.54, 1.807) is 0 Å².